The molecule has 0 fully saturated rings. The number of nitrogens with two attached hydrogens (primary N) is 1. The van der Waals surface area contributed by atoms with Gasteiger partial charge in [-0.3, -0.25) is 19.5 Å². The molecule has 0 unspecified atom stereocenters. The predicted molar refractivity (Wildman–Crippen MR) is 92.4 cm³/mol. The van der Waals surface area contributed by atoms with Crippen LogP contribution in [0.2, 0.25) is 0 Å². The lowest BCUT2D eigenvalue weighted by molar-refractivity contribution is 0.0961. The monoisotopic (exact) mass is 337 g/mol. The van der Waals surface area contributed by atoms with Crippen molar-refractivity contribution >= 4 is 34.3 Å². The zero-order valence-corrected chi connectivity index (χ0v) is 13.3. The number of nitrogens with one attached hydrogen (secondary N) is 3. The van der Waals surface area contributed by atoms with Crippen molar-refractivity contribution in [3.05, 3.63) is 59.3 Å². The molecule has 3 rings (SSSR count). The van der Waals surface area contributed by atoms with E-state index in [9.17, 15) is 14.4 Å². The van der Waals surface area contributed by atoms with Crippen LogP contribution in [0, 0.1) is 0 Å². The van der Waals surface area contributed by atoms with E-state index < -0.39 is 5.91 Å². The van der Waals surface area contributed by atoms with Crippen molar-refractivity contribution in [2.45, 2.75) is 0 Å². The maximum Gasteiger partial charge on any atom is 0.269 e. The summed E-state index contributed by atoms with van der Waals surface area (Å²) in [7, 11) is 1.52. The number of hydrogen-bond acceptors (Lipinski definition) is 4. The molecule has 0 aliphatic carbocycles. The summed E-state index contributed by atoms with van der Waals surface area (Å²) in [5, 5.41) is 12.3. The van der Waals surface area contributed by atoms with Crippen LogP contribution in [0.3, 0.4) is 0 Å². The highest BCUT2D eigenvalue weighted by atomic mass is 16.2. The molecule has 0 aliphatic heterocycles. The van der Waals surface area contributed by atoms with Gasteiger partial charge in [-0.05, 0) is 36.4 Å². The Labute approximate surface area is 142 Å². The van der Waals surface area contributed by atoms with E-state index in [2.05, 4.69) is 20.8 Å². The molecule has 3 aromatic rings. The molecule has 8 heteroatoms. The second-order valence-corrected chi connectivity index (χ2v) is 5.31. The zero-order chi connectivity index (χ0) is 18.0. The van der Waals surface area contributed by atoms with Crippen molar-refractivity contribution in [1.82, 2.24) is 15.5 Å². The molecule has 0 bridgehead atoms. The van der Waals surface area contributed by atoms with Crippen molar-refractivity contribution in [2.75, 3.05) is 12.4 Å². The smallest absolute Gasteiger partial charge is 0.269 e. The number of amides is 3. The summed E-state index contributed by atoms with van der Waals surface area (Å²) in [4.78, 5) is 35.5. The molecule has 0 saturated carbocycles. The van der Waals surface area contributed by atoms with Crippen molar-refractivity contribution in [2.24, 2.45) is 5.73 Å². The number of aromatic nitrogens is 2. The Hall–Kier alpha value is -3.68. The van der Waals surface area contributed by atoms with Gasteiger partial charge in [-0.2, -0.15) is 5.10 Å². The Morgan fingerprint density at radius 3 is 2.44 bits per heavy atom. The van der Waals surface area contributed by atoms with Crippen LogP contribution in [0.5, 0.6) is 0 Å². The maximum absolute atomic E-state index is 12.4. The third-order valence-corrected chi connectivity index (χ3v) is 3.67. The number of benzene rings is 2. The number of carbonyl (C=O) groups is 3. The Morgan fingerprint density at radius 1 is 1.04 bits per heavy atom. The van der Waals surface area contributed by atoms with E-state index in [1.54, 1.807) is 36.4 Å². The molecule has 126 valence electrons. The standard InChI is InChI=1S/C17H15N5O3/c1-19-16(24)9-3-2-4-10(7-9)17(25)20-11-5-6-13-12(8-11)14(15(18)23)22-21-13/h2-8H,1H3,(H2,18,23)(H,19,24)(H,20,25)(H,21,22). The van der Waals surface area contributed by atoms with Crippen LogP contribution in [-0.4, -0.2) is 35.0 Å². The number of rotatable bonds is 4. The minimum absolute atomic E-state index is 0.104. The van der Waals surface area contributed by atoms with Crippen LogP contribution in [0.1, 0.15) is 31.2 Å². The van der Waals surface area contributed by atoms with Crippen LogP contribution < -0.4 is 16.4 Å². The first-order valence-electron chi connectivity index (χ1n) is 7.41. The van der Waals surface area contributed by atoms with Gasteiger partial charge in [0.15, 0.2) is 5.69 Å². The summed E-state index contributed by atoms with van der Waals surface area (Å²) in [6.07, 6.45) is 0. The van der Waals surface area contributed by atoms with Gasteiger partial charge in [0, 0.05) is 29.2 Å². The van der Waals surface area contributed by atoms with Crippen molar-refractivity contribution in [3.8, 4) is 0 Å². The lowest BCUT2D eigenvalue weighted by Gasteiger charge is -2.07. The highest BCUT2D eigenvalue weighted by molar-refractivity contribution is 6.08. The first kappa shape index (κ1) is 16.2. The molecule has 5 N–H and O–H groups in total. The average Bonchev–Trinajstić information content (AvgIpc) is 3.04. The van der Waals surface area contributed by atoms with E-state index in [1.165, 1.54) is 13.1 Å². The number of hydrogen-bond donors (Lipinski definition) is 4. The lowest BCUT2D eigenvalue weighted by atomic mass is 10.1. The summed E-state index contributed by atoms with van der Waals surface area (Å²) in [6, 6.07) is 11.3. The fourth-order valence-electron chi connectivity index (χ4n) is 2.43. The van der Waals surface area contributed by atoms with E-state index in [1.807, 2.05) is 0 Å². The topological polar surface area (TPSA) is 130 Å². The second-order valence-electron chi connectivity index (χ2n) is 5.31. The zero-order valence-electron chi connectivity index (χ0n) is 13.3. The average molecular weight is 337 g/mol. The summed E-state index contributed by atoms with van der Waals surface area (Å²) >= 11 is 0. The minimum Gasteiger partial charge on any atom is -0.364 e. The SMILES string of the molecule is CNC(=O)c1cccc(C(=O)Nc2ccc3[nH]nc(C(N)=O)c3c2)c1. The van der Waals surface area contributed by atoms with Gasteiger partial charge in [-0.25, -0.2) is 0 Å². The van der Waals surface area contributed by atoms with E-state index in [0.29, 0.717) is 27.7 Å². The highest BCUT2D eigenvalue weighted by Crippen LogP contribution is 2.21. The molecule has 2 aromatic carbocycles. The number of carbonyl (C=O) groups excluding carboxylic acids is 3. The Bertz CT molecular complexity index is 993. The summed E-state index contributed by atoms with van der Waals surface area (Å²) < 4.78 is 0. The first-order chi connectivity index (χ1) is 12.0. The molecule has 0 atom stereocenters. The Kier molecular flexibility index (Phi) is 4.17. The molecule has 1 heterocycles. The molecule has 25 heavy (non-hydrogen) atoms. The largest absolute Gasteiger partial charge is 0.364 e. The maximum atomic E-state index is 12.4. The molecule has 3 amide bonds. The van der Waals surface area contributed by atoms with Gasteiger partial charge in [0.2, 0.25) is 0 Å². The van der Waals surface area contributed by atoms with Crippen molar-refractivity contribution in [1.29, 1.82) is 0 Å². The summed E-state index contributed by atoms with van der Waals surface area (Å²) in [5.74, 6) is -1.32. The van der Waals surface area contributed by atoms with Gasteiger partial charge in [0.1, 0.15) is 0 Å². The predicted octanol–water partition coefficient (Wildman–Crippen LogP) is 1.27. The fraction of sp³-hybridized carbons (Fsp3) is 0.0588. The number of primary amides is 1. The molecular formula is C17H15N5O3. The van der Waals surface area contributed by atoms with Gasteiger partial charge < -0.3 is 16.4 Å². The van der Waals surface area contributed by atoms with Crippen molar-refractivity contribution < 1.29 is 14.4 Å². The van der Waals surface area contributed by atoms with Crippen LogP contribution in [-0.2, 0) is 0 Å². The fourth-order valence-corrected chi connectivity index (χ4v) is 2.43. The quantitative estimate of drug-likeness (QED) is 0.571. The number of nitrogens with zero attached hydrogens (tertiary/aromatic N) is 1. The van der Waals surface area contributed by atoms with E-state index in [-0.39, 0.29) is 17.5 Å². The Morgan fingerprint density at radius 2 is 1.76 bits per heavy atom. The molecule has 0 aliphatic rings. The number of anilines is 1. The molecule has 1 aromatic heterocycles. The van der Waals surface area contributed by atoms with Gasteiger partial charge in [0.25, 0.3) is 17.7 Å². The van der Waals surface area contributed by atoms with E-state index in [4.69, 9.17) is 5.73 Å². The summed E-state index contributed by atoms with van der Waals surface area (Å²) in [6.45, 7) is 0. The lowest BCUT2D eigenvalue weighted by Crippen LogP contribution is -2.19. The second kappa shape index (κ2) is 6.44. The van der Waals surface area contributed by atoms with E-state index in [0.717, 1.165) is 0 Å². The summed E-state index contributed by atoms with van der Waals surface area (Å²) in [5.41, 5.74) is 7.22. The normalized spacial score (nSPS) is 10.4. The molecular weight excluding hydrogens is 322 g/mol. The van der Waals surface area contributed by atoms with Crippen LogP contribution >= 0.6 is 0 Å². The number of fused-ring (bicyclic) bond motifs is 1. The number of aromatic amines is 1. The van der Waals surface area contributed by atoms with Gasteiger partial charge in [0.05, 0.1) is 5.52 Å². The molecule has 8 nitrogen and oxygen atoms in total. The highest BCUT2D eigenvalue weighted by Gasteiger charge is 2.13. The third-order valence-electron chi connectivity index (χ3n) is 3.67. The van der Waals surface area contributed by atoms with Crippen molar-refractivity contribution in [3.63, 3.8) is 0 Å². The van der Waals surface area contributed by atoms with Crippen LogP contribution in [0.25, 0.3) is 10.9 Å². The van der Waals surface area contributed by atoms with Gasteiger partial charge in [-0.1, -0.05) is 6.07 Å². The number of H-pyrrole nitrogens is 1. The first-order valence-corrected chi connectivity index (χ1v) is 7.41. The van der Waals surface area contributed by atoms with Gasteiger partial charge >= 0.3 is 0 Å². The van der Waals surface area contributed by atoms with Crippen LogP contribution in [0.15, 0.2) is 42.5 Å². The molecule has 0 saturated heterocycles. The van der Waals surface area contributed by atoms with Crippen LogP contribution in [0.4, 0.5) is 5.69 Å². The van der Waals surface area contributed by atoms with Gasteiger partial charge in [-0.15, -0.1) is 0 Å². The third kappa shape index (κ3) is 3.18. The minimum atomic E-state index is -0.659. The van der Waals surface area contributed by atoms with E-state index >= 15 is 0 Å². The molecule has 0 spiro atoms. The molecule has 0 radical (unpaired) electrons. The Balaban J connectivity index is 1.88.